The van der Waals surface area contributed by atoms with Crippen molar-refractivity contribution in [2.45, 2.75) is 23.9 Å². The highest BCUT2D eigenvalue weighted by molar-refractivity contribution is 8.01. The fraction of sp³-hybridized carbons (Fsp3) is 0.364. The molecular formula is C22H23N3O2S. The van der Waals surface area contributed by atoms with Gasteiger partial charge in [0, 0.05) is 54.8 Å². The molecule has 5 nitrogen and oxygen atoms in total. The Kier molecular flexibility index (Phi) is 4.40. The van der Waals surface area contributed by atoms with Crippen molar-refractivity contribution in [2.24, 2.45) is 7.05 Å². The largest absolute Gasteiger partial charge is 0.371 e. The first-order valence-corrected chi connectivity index (χ1v) is 10.6. The molecule has 1 aromatic carbocycles. The maximum absolute atomic E-state index is 12.9. The number of carbonyl (C=O) groups is 1. The van der Waals surface area contributed by atoms with Crippen molar-refractivity contribution in [3.8, 4) is 0 Å². The van der Waals surface area contributed by atoms with Crippen LogP contribution < -0.4 is 0 Å². The van der Waals surface area contributed by atoms with Crippen LogP contribution >= 0.6 is 11.8 Å². The molecule has 0 aliphatic carbocycles. The summed E-state index contributed by atoms with van der Waals surface area (Å²) in [6.45, 7) is 2.18. The Bertz CT molecular complexity index is 1010. The molecule has 0 saturated carbocycles. The number of benzene rings is 1. The van der Waals surface area contributed by atoms with Crippen molar-refractivity contribution in [1.29, 1.82) is 0 Å². The molecule has 5 rings (SSSR count). The van der Waals surface area contributed by atoms with E-state index in [0.29, 0.717) is 6.61 Å². The molecule has 1 atom stereocenters. The molecule has 0 N–H and O–H groups in total. The summed E-state index contributed by atoms with van der Waals surface area (Å²) < 4.78 is 8.30. The Balaban J connectivity index is 1.18. The summed E-state index contributed by atoms with van der Waals surface area (Å²) in [7, 11) is 2.02. The molecule has 144 valence electrons. The van der Waals surface area contributed by atoms with Crippen LogP contribution in [0, 0.1) is 0 Å². The summed E-state index contributed by atoms with van der Waals surface area (Å²) in [4.78, 5) is 19.2. The Morgan fingerprint density at radius 3 is 3.00 bits per heavy atom. The summed E-state index contributed by atoms with van der Waals surface area (Å²) in [5.41, 5.74) is 2.89. The van der Waals surface area contributed by atoms with E-state index in [1.807, 2.05) is 66.3 Å². The molecule has 4 heterocycles. The lowest BCUT2D eigenvalue weighted by atomic mass is 9.92. The number of aromatic nitrogens is 2. The van der Waals surface area contributed by atoms with Gasteiger partial charge >= 0.3 is 0 Å². The van der Waals surface area contributed by atoms with E-state index in [2.05, 4.69) is 15.6 Å². The van der Waals surface area contributed by atoms with Gasteiger partial charge in [0.25, 0.3) is 5.91 Å². The Hall–Kier alpha value is -2.31. The average Bonchev–Trinajstić information content (AvgIpc) is 3.29. The first kappa shape index (κ1) is 17.8. The van der Waals surface area contributed by atoms with Gasteiger partial charge in [-0.05, 0) is 42.8 Å². The molecule has 2 saturated heterocycles. The van der Waals surface area contributed by atoms with Crippen molar-refractivity contribution in [1.82, 2.24) is 14.5 Å². The van der Waals surface area contributed by atoms with Gasteiger partial charge in [-0.2, -0.15) is 0 Å². The summed E-state index contributed by atoms with van der Waals surface area (Å²) in [5, 5.41) is 1.11. The van der Waals surface area contributed by atoms with Crippen molar-refractivity contribution < 1.29 is 9.53 Å². The molecule has 0 radical (unpaired) electrons. The number of likely N-dealkylation sites (tertiary alicyclic amines) is 1. The second-order valence-electron chi connectivity index (χ2n) is 7.81. The number of fused-ring (bicyclic) bond motifs is 1. The van der Waals surface area contributed by atoms with Crippen LogP contribution in [-0.2, 0) is 18.4 Å². The van der Waals surface area contributed by atoms with Gasteiger partial charge in [-0.25, -0.2) is 0 Å². The zero-order chi connectivity index (χ0) is 19.1. The number of pyridine rings is 1. The van der Waals surface area contributed by atoms with Gasteiger partial charge in [0.05, 0.1) is 23.2 Å². The fourth-order valence-corrected chi connectivity index (χ4v) is 5.76. The molecule has 0 unspecified atom stereocenters. The van der Waals surface area contributed by atoms with Crippen molar-refractivity contribution >= 4 is 28.6 Å². The van der Waals surface area contributed by atoms with Gasteiger partial charge in [-0.3, -0.25) is 9.78 Å². The number of nitrogens with zero attached hydrogens (tertiary/aromatic N) is 3. The molecule has 3 aromatic rings. The summed E-state index contributed by atoms with van der Waals surface area (Å²) in [6, 6.07) is 13.9. The monoisotopic (exact) mass is 393 g/mol. The second-order valence-corrected chi connectivity index (χ2v) is 9.30. The van der Waals surface area contributed by atoms with Crippen LogP contribution in [0.2, 0.25) is 0 Å². The first-order valence-electron chi connectivity index (χ1n) is 9.62. The van der Waals surface area contributed by atoms with E-state index < -0.39 is 0 Å². The lowest BCUT2D eigenvalue weighted by Crippen LogP contribution is -2.60. The minimum Gasteiger partial charge on any atom is -0.371 e. The molecule has 2 aromatic heterocycles. The van der Waals surface area contributed by atoms with Crippen LogP contribution in [0.1, 0.15) is 22.5 Å². The van der Waals surface area contributed by atoms with Gasteiger partial charge in [-0.1, -0.05) is 6.07 Å². The minimum atomic E-state index is 0.134. The quantitative estimate of drug-likeness (QED) is 0.681. The highest BCUT2D eigenvalue weighted by Gasteiger charge is 2.51. The minimum absolute atomic E-state index is 0.134. The predicted molar refractivity (Wildman–Crippen MR) is 111 cm³/mol. The van der Waals surface area contributed by atoms with Crippen molar-refractivity contribution in [3.05, 3.63) is 66.1 Å². The molecule has 2 aliphatic rings. The van der Waals surface area contributed by atoms with E-state index in [1.165, 1.54) is 0 Å². The molecule has 0 bridgehead atoms. The number of aryl methyl sites for hydroxylation is 1. The SMILES string of the molecule is Cn1ccc2cc(C(=O)N3CC4(C[C@@H](OCc5ccccn5)CS4)C3)ccc21. The van der Waals surface area contributed by atoms with E-state index in [0.717, 1.165) is 47.4 Å². The normalized spacial score (nSPS) is 20.6. The average molecular weight is 394 g/mol. The van der Waals surface area contributed by atoms with Gasteiger partial charge in [0.1, 0.15) is 0 Å². The number of hydrogen-bond donors (Lipinski definition) is 0. The third-order valence-corrected chi connectivity index (χ3v) is 7.32. The molecule has 28 heavy (non-hydrogen) atoms. The molecular weight excluding hydrogens is 370 g/mol. The van der Waals surface area contributed by atoms with Gasteiger partial charge in [0.2, 0.25) is 0 Å². The van der Waals surface area contributed by atoms with Gasteiger partial charge < -0.3 is 14.2 Å². The Morgan fingerprint density at radius 2 is 2.18 bits per heavy atom. The van der Waals surface area contributed by atoms with E-state index in [1.54, 1.807) is 6.20 Å². The third kappa shape index (κ3) is 3.20. The topological polar surface area (TPSA) is 47.4 Å². The molecule has 2 fully saturated rings. The van der Waals surface area contributed by atoms with Crippen molar-refractivity contribution in [3.63, 3.8) is 0 Å². The van der Waals surface area contributed by atoms with E-state index in [9.17, 15) is 4.79 Å². The van der Waals surface area contributed by atoms with Gasteiger partial charge in [-0.15, -0.1) is 11.8 Å². The lowest BCUT2D eigenvalue weighted by Gasteiger charge is -2.47. The summed E-state index contributed by atoms with van der Waals surface area (Å²) in [5.74, 6) is 1.13. The van der Waals surface area contributed by atoms with Crippen LogP contribution in [0.25, 0.3) is 10.9 Å². The molecule has 1 spiro atoms. The Labute approximate surface area is 168 Å². The fourth-order valence-electron chi connectivity index (χ4n) is 4.21. The smallest absolute Gasteiger partial charge is 0.253 e. The van der Waals surface area contributed by atoms with Crippen LogP contribution in [0.3, 0.4) is 0 Å². The number of carbonyl (C=O) groups excluding carboxylic acids is 1. The van der Waals surface area contributed by atoms with E-state index in [4.69, 9.17) is 4.74 Å². The standard InChI is InChI=1S/C22H23N3O2S/c1-24-9-7-16-10-17(5-6-20(16)24)21(26)25-14-22(15-25)11-19(13-28-22)27-12-18-4-2-3-8-23-18/h2-10,19H,11-15H2,1H3/t19-/m1/s1. The maximum atomic E-state index is 12.9. The number of ether oxygens (including phenoxy) is 1. The summed E-state index contributed by atoms with van der Waals surface area (Å²) >= 11 is 1.95. The number of amides is 1. The number of thioether (sulfide) groups is 1. The number of hydrogen-bond acceptors (Lipinski definition) is 4. The Morgan fingerprint density at radius 1 is 1.29 bits per heavy atom. The van der Waals surface area contributed by atoms with Crippen LogP contribution in [0.4, 0.5) is 0 Å². The summed E-state index contributed by atoms with van der Waals surface area (Å²) in [6.07, 6.45) is 5.07. The molecule has 1 amide bonds. The molecule has 6 heteroatoms. The maximum Gasteiger partial charge on any atom is 0.253 e. The lowest BCUT2D eigenvalue weighted by molar-refractivity contribution is 0.0245. The highest BCUT2D eigenvalue weighted by atomic mass is 32.2. The van der Waals surface area contributed by atoms with E-state index >= 15 is 0 Å². The zero-order valence-electron chi connectivity index (χ0n) is 15.9. The van der Waals surface area contributed by atoms with Crippen LogP contribution in [-0.4, -0.2) is 50.1 Å². The molecule has 2 aliphatic heterocycles. The second kappa shape index (κ2) is 6.94. The van der Waals surface area contributed by atoms with Crippen LogP contribution in [0.5, 0.6) is 0 Å². The van der Waals surface area contributed by atoms with Crippen molar-refractivity contribution in [2.75, 3.05) is 18.8 Å². The first-order chi connectivity index (χ1) is 13.6. The van der Waals surface area contributed by atoms with Gasteiger partial charge in [0.15, 0.2) is 0 Å². The third-order valence-electron chi connectivity index (χ3n) is 5.75. The predicted octanol–water partition coefficient (Wildman–Crippen LogP) is 3.49. The number of rotatable bonds is 4. The zero-order valence-corrected chi connectivity index (χ0v) is 16.7. The van der Waals surface area contributed by atoms with E-state index in [-0.39, 0.29) is 16.8 Å². The highest BCUT2D eigenvalue weighted by Crippen LogP contribution is 2.46. The van der Waals surface area contributed by atoms with Crippen LogP contribution in [0.15, 0.2) is 54.9 Å².